The van der Waals surface area contributed by atoms with E-state index in [1.165, 1.54) is 23.0 Å². The van der Waals surface area contributed by atoms with Gasteiger partial charge in [0.25, 0.3) is 0 Å². The molecule has 0 atom stereocenters. The van der Waals surface area contributed by atoms with E-state index >= 15 is 0 Å². The third-order valence-electron chi connectivity index (χ3n) is 3.99. The van der Waals surface area contributed by atoms with Gasteiger partial charge in [-0.25, -0.2) is 19.5 Å². The maximum Gasteiger partial charge on any atom is 0.416 e. The lowest BCUT2D eigenvalue weighted by molar-refractivity contribution is -0.137. The summed E-state index contributed by atoms with van der Waals surface area (Å²) in [6, 6.07) is 8.04. The summed E-state index contributed by atoms with van der Waals surface area (Å²) >= 11 is 0. The maximum absolute atomic E-state index is 12.6. The van der Waals surface area contributed by atoms with Crippen LogP contribution in [0.5, 0.6) is 5.88 Å². The number of hydrogen-bond acceptors (Lipinski definition) is 6. The van der Waals surface area contributed by atoms with Crippen LogP contribution in [-0.2, 0) is 12.8 Å². The molecule has 1 aromatic carbocycles. The number of alkyl halides is 3. The van der Waals surface area contributed by atoms with E-state index in [0.29, 0.717) is 22.5 Å². The van der Waals surface area contributed by atoms with E-state index in [2.05, 4.69) is 20.1 Å². The number of halogens is 3. The van der Waals surface area contributed by atoms with Gasteiger partial charge in [-0.15, -0.1) is 5.10 Å². The lowest BCUT2D eigenvalue weighted by Gasteiger charge is -2.09. The lowest BCUT2D eigenvalue weighted by atomic mass is 10.1. The average molecular weight is 386 g/mol. The number of nitrogens with zero attached hydrogens (tertiary/aromatic N) is 5. The van der Waals surface area contributed by atoms with Crippen LogP contribution in [0, 0.1) is 0 Å². The Morgan fingerprint density at radius 2 is 1.86 bits per heavy atom. The van der Waals surface area contributed by atoms with Crippen LogP contribution in [0.4, 0.5) is 19.0 Å². The molecular formula is C18H13F3N6O. The van der Waals surface area contributed by atoms with Crippen LogP contribution in [-0.4, -0.2) is 24.6 Å². The average Bonchev–Trinajstić information content (AvgIpc) is 3.02. The third kappa shape index (κ3) is 3.43. The summed E-state index contributed by atoms with van der Waals surface area (Å²) in [5.41, 5.74) is 7.40. The zero-order valence-electron chi connectivity index (χ0n) is 14.3. The number of anilines is 1. The van der Waals surface area contributed by atoms with E-state index < -0.39 is 11.7 Å². The molecule has 0 saturated heterocycles. The Kier molecular flexibility index (Phi) is 4.30. The number of benzene rings is 1. The van der Waals surface area contributed by atoms with Crippen molar-refractivity contribution < 1.29 is 17.9 Å². The minimum atomic E-state index is -4.37. The molecule has 4 rings (SSSR count). The van der Waals surface area contributed by atoms with Crippen molar-refractivity contribution >= 4 is 11.5 Å². The number of aromatic nitrogens is 5. The van der Waals surface area contributed by atoms with Gasteiger partial charge in [-0.2, -0.15) is 13.2 Å². The number of nitrogen functional groups attached to an aromatic ring is 1. The fourth-order valence-corrected chi connectivity index (χ4v) is 2.65. The quantitative estimate of drug-likeness (QED) is 0.578. The fourth-order valence-electron chi connectivity index (χ4n) is 2.65. The van der Waals surface area contributed by atoms with Gasteiger partial charge in [-0.3, -0.25) is 0 Å². The minimum Gasteiger partial charge on any atom is -0.473 e. The summed E-state index contributed by atoms with van der Waals surface area (Å²) in [6.45, 7) is 0.0527. The zero-order chi connectivity index (χ0) is 19.7. The SMILES string of the molecule is Nc1nn2cccnc2c1-c1cc(OCc2ccc(C(F)(F)F)cc2)ncn1. The van der Waals surface area contributed by atoms with Crippen molar-refractivity contribution in [2.75, 3.05) is 5.73 Å². The Labute approximate surface area is 156 Å². The van der Waals surface area contributed by atoms with Crippen LogP contribution < -0.4 is 10.5 Å². The monoisotopic (exact) mass is 386 g/mol. The summed E-state index contributed by atoms with van der Waals surface area (Å²) in [7, 11) is 0. The molecule has 0 aliphatic carbocycles. The van der Waals surface area contributed by atoms with Crippen LogP contribution >= 0.6 is 0 Å². The summed E-state index contributed by atoms with van der Waals surface area (Å²) in [6.07, 6.45) is 0.265. The molecule has 0 amide bonds. The topological polar surface area (TPSA) is 91.2 Å². The molecule has 0 aliphatic heterocycles. The molecule has 10 heteroatoms. The fraction of sp³-hybridized carbons (Fsp3) is 0.111. The smallest absolute Gasteiger partial charge is 0.416 e. The van der Waals surface area contributed by atoms with Crippen molar-refractivity contribution in [3.05, 3.63) is 66.2 Å². The molecule has 0 saturated carbocycles. The number of rotatable bonds is 4. The Balaban J connectivity index is 1.55. The van der Waals surface area contributed by atoms with Gasteiger partial charge in [0, 0.05) is 18.5 Å². The first-order valence-corrected chi connectivity index (χ1v) is 8.12. The highest BCUT2D eigenvalue weighted by molar-refractivity contribution is 5.84. The molecule has 142 valence electrons. The summed E-state index contributed by atoms with van der Waals surface area (Å²) in [4.78, 5) is 12.5. The van der Waals surface area contributed by atoms with Crippen LogP contribution in [0.2, 0.25) is 0 Å². The molecule has 0 radical (unpaired) electrons. The van der Waals surface area contributed by atoms with Gasteiger partial charge < -0.3 is 10.5 Å². The van der Waals surface area contributed by atoms with E-state index in [0.717, 1.165) is 12.1 Å². The number of nitrogens with two attached hydrogens (primary N) is 1. The largest absolute Gasteiger partial charge is 0.473 e. The lowest BCUT2D eigenvalue weighted by Crippen LogP contribution is -2.05. The first kappa shape index (κ1) is 17.7. The molecular weight excluding hydrogens is 373 g/mol. The molecule has 4 aromatic rings. The molecule has 0 unspecified atom stereocenters. The second kappa shape index (κ2) is 6.80. The van der Waals surface area contributed by atoms with Gasteiger partial charge >= 0.3 is 6.18 Å². The normalized spacial score (nSPS) is 11.7. The molecule has 0 spiro atoms. The Bertz CT molecular complexity index is 1120. The molecule has 0 fully saturated rings. The first-order valence-electron chi connectivity index (χ1n) is 8.12. The second-order valence-electron chi connectivity index (χ2n) is 5.87. The van der Waals surface area contributed by atoms with Crippen LogP contribution in [0.1, 0.15) is 11.1 Å². The Morgan fingerprint density at radius 1 is 1.07 bits per heavy atom. The van der Waals surface area contributed by atoms with Crippen molar-refractivity contribution in [3.8, 4) is 17.1 Å². The molecule has 0 aliphatic rings. The predicted octanol–water partition coefficient (Wildman–Crippen LogP) is 3.37. The van der Waals surface area contributed by atoms with Gasteiger partial charge in [-0.1, -0.05) is 12.1 Å². The summed E-state index contributed by atoms with van der Waals surface area (Å²) in [5, 5.41) is 4.18. The highest BCUT2D eigenvalue weighted by Gasteiger charge is 2.29. The van der Waals surface area contributed by atoms with E-state index in [4.69, 9.17) is 10.5 Å². The van der Waals surface area contributed by atoms with Gasteiger partial charge in [0.05, 0.1) is 16.8 Å². The van der Waals surface area contributed by atoms with E-state index in [-0.39, 0.29) is 18.3 Å². The summed E-state index contributed by atoms with van der Waals surface area (Å²) in [5.74, 6) is 0.505. The van der Waals surface area contributed by atoms with Crippen LogP contribution in [0.15, 0.2) is 55.1 Å². The van der Waals surface area contributed by atoms with Gasteiger partial charge in [0.15, 0.2) is 11.5 Å². The number of fused-ring (bicyclic) bond motifs is 1. The highest BCUT2D eigenvalue weighted by Crippen LogP contribution is 2.30. The van der Waals surface area contributed by atoms with Crippen molar-refractivity contribution in [2.45, 2.75) is 12.8 Å². The Hall–Kier alpha value is -3.69. The van der Waals surface area contributed by atoms with Crippen molar-refractivity contribution in [3.63, 3.8) is 0 Å². The molecule has 2 N–H and O–H groups in total. The number of ether oxygens (including phenoxy) is 1. The van der Waals surface area contributed by atoms with Crippen molar-refractivity contribution in [1.29, 1.82) is 0 Å². The third-order valence-corrected chi connectivity index (χ3v) is 3.99. The van der Waals surface area contributed by atoms with E-state index in [9.17, 15) is 13.2 Å². The number of hydrogen-bond donors (Lipinski definition) is 1. The highest BCUT2D eigenvalue weighted by atomic mass is 19.4. The maximum atomic E-state index is 12.6. The van der Waals surface area contributed by atoms with Crippen molar-refractivity contribution in [2.24, 2.45) is 0 Å². The minimum absolute atomic E-state index is 0.0527. The second-order valence-corrected chi connectivity index (χ2v) is 5.87. The Morgan fingerprint density at radius 3 is 2.61 bits per heavy atom. The molecule has 3 heterocycles. The van der Waals surface area contributed by atoms with Crippen molar-refractivity contribution in [1.82, 2.24) is 24.6 Å². The molecule has 0 bridgehead atoms. The molecule has 7 nitrogen and oxygen atoms in total. The van der Waals surface area contributed by atoms with Gasteiger partial charge in [0.1, 0.15) is 12.9 Å². The molecule has 28 heavy (non-hydrogen) atoms. The van der Waals surface area contributed by atoms with Crippen LogP contribution in [0.25, 0.3) is 16.9 Å². The van der Waals surface area contributed by atoms with Crippen LogP contribution in [0.3, 0.4) is 0 Å². The zero-order valence-corrected chi connectivity index (χ0v) is 14.3. The summed E-state index contributed by atoms with van der Waals surface area (Å²) < 4.78 is 45.0. The van der Waals surface area contributed by atoms with Gasteiger partial charge in [0.2, 0.25) is 5.88 Å². The van der Waals surface area contributed by atoms with Gasteiger partial charge in [-0.05, 0) is 23.8 Å². The first-order chi connectivity index (χ1) is 13.4. The standard InChI is InChI=1S/C18H13F3N6O/c19-18(20,21)12-4-2-11(3-5-12)9-28-14-8-13(24-10-25-14)15-16(22)26-27-7-1-6-23-17(15)27/h1-8,10H,9H2,(H2,22,26). The van der Waals surface area contributed by atoms with E-state index in [1.54, 1.807) is 24.5 Å². The predicted molar refractivity (Wildman–Crippen MR) is 94.2 cm³/mol. The molecule has 3 aromatic heterocycles. The van der Waals surface area contributed by atoms with E-state index in [1.807, 2.05) is 0 Å².